The van der Waals surface area contributed by atoms with Crippen LogP contribution in [0.5, 0.6) is 5.75 Å². The van der Waals surface area contributed by atoms with Crippen molar-refractivity contribution in [2.75, 3.05) is 6.61 Å². The number of benzene rings is 3. The van der Waals surface area contributed by atoms with Gasteiger partial charge < -0.3 is 4.74 Å². The van der Waals surface area contributed by atoms with Crippen LogP contribution in [0.25, 0.3) is 10.8 Å². The molecule has 1 N–H and O–H groups in total. The Morgan fingerprint density at radius 1 is 1.04 bits per heavy atom. The Morgan fingerprint density at radius 2 is 1.80 bits per heavy atom. The fraction of sp³-hybridized carbons (Fsp3) is 0.143. The van der Waals surface area contributed by atoms with Crippen molar-refractivity contribution < 1.29 is 9.53 Å². The molecule has 0 unspecified atom stereocenters. The zero-order valence-corrected chi connectivity index (χ0v) is 14.1. The van der Waals surface area contributed by atoms with Gasteiger partial charge in [-0.1, -0.05) is 55.5 Å². The summed E-state index contributed by atoms with van der Waals surface area (Å²) in [6.07, 6.45) is 2.52. The summed E-state index contributed by atoms with van der Waals surface area (Å²) in [6.45, 7) is 2.60. The van der Waals surface area contributed by atoms with Crippen molar-refractivity contribution in [3.63, 3.8) is 0 Å². The number of carbonyl (C=O) groups excluding carboxylic acids is 1. The fourth-order valence-electron chi connectivity index (χ4n) is 2.51. The van der Waals surface area contributed by atoms with E-state index >= 15 is 0 Å². The monoisotopic (exact) mass is 332 g/mol. The number of hydrogen-bond donors (Lipinski definition) is 1. The first-order valence-corrected chi connectivity index (χ1v) is 8.32. The summed E-state index contributed by atoms with van der Waals surface area (Å²) in [5.41, 5.74) is 3.97. The number of hydrogen-bond acceptors (Lipinski definition) is 3. The third kappa shape index (κ3) is 4.23. The van der Waals surface area contributed by atoms with E-state index in [0.717, 1.165) is 17.4 Å². The van der Waals surface area contributed by atoms with E-state index < -0.39 is 0 Å². The predicted octanol–water partition coefficient (Wildman–Crippen LogP) is 4.39. The van der Waals surface area contributed by atoms with Crippen LogP contribution in [0.2, 0.25) is 0 Å². The van der Waals surface area contributed by atoms with Gasteiger partial charge in [-0.3, -0.25) is 4.79 Å². The van der Waals surface area contributed by atoms with Gasteiger partial charge in [-0.05, 0) is 41.0 Å². The topological polar surface area (TPSA) is 50.7 Å². The van der Waals surface area contributed by atoms with E-state index in [9.17, 15) is 4.79 Å². The number of hydrazone groups is 1. The van der Waals surface area contributed by atoms with E-state index in [1.807, 2.05) is 49.4 Å². The zero-order valence-electron chi connectivity index (χ0n) is 14.1. The van der Waals surface area contributed by atoms with Crippen molar-refractivity contribution in [2.24, 2.45) is 5.10 Å². The maximum Gasteiger partial charge on any atom is 0.275 e. The van der Waals surface area contributed by atoms with Crippen LogP contribution in [0.1, 0.15) is 29.3 Å². The first-order valence-electron chi connectivity index (χ1n) is 8.32. The predicted molar refractivity (Wildman–Crippen MR) is 101 cm³/mol. The van der Waals surface area contributed by atoms with Crippen LogP contribution < -0.4 is 10.2 Å². The van der Waals surface area contributed by atoms with E-state index in [2.05, 4.69) is 16.6 Å². The summed E-state index contributed by atoms with van der Waals surface area (Å²) >= 11 is 0. The molecule has 0 heterocycles. The number of nitrogens with one attached hydrogen (secondary N) is 1. The maximum atomic E-state index is 12.3. The van der Waals surface area contributed by atoms with E-state index in [4.69, 9.17) is 4.74 Å². The third-order valence-corrected chi connectivity index (χ3v) is 3.75. The lowest BCUT2D eigenvalue weighted by atomic mass is 10.1. The molecule has 0 aliphatic rings. The summed E-state index contributed by atoms with van der Waals surface area (Å²) in [5.74, 6) is 0.284. The highest BCUT2D eigenvalue weighted by Gasteiger charge is 2.10. The average molecular weight is 332 g/mol. The van der Waals surface area contributed by atoms with Gasteiger partial charge in [0.1, 0.15) is 5.75 Å². The van der Waals surface area contributed by atoms with E-state index in [-0.39, 0.29) is 5.91 Å². The van der Waals surface area contributed by atoms with Crippen molar-refractivity contribution in [3.8, 4) is 5.75 Å². The van der Waals surface area contributed by atoms with Crippen molar-refractivity contribution in [1.82, 2.24) is 5.43 Å². The molecule has 126 valence electrons. The summed E-state index contributed by atoms with van der Waals surface area (Å²) in [5, 5.41) is 6.37. The number of fused-ring (bicyclic) bond motifs is 1. The Balaban J connectivity index is 1.70. The Bertz CT molecular complexity index is 903. The molecule has 0 spiro atoms. The van der Waals surface area contributed by atoms with Crippen molar-refractivity contribution in [3.05, 3.63) is 77.9 Å². The minimum absolute atomic E-state index is 0.288. The second-order valence-corrected chi connectivity index (χ2v) is 5.65. The molecule has 1 amide bonds. The highest BCUT2D eigenvalue weighted by Crippen LogP contribution is 2.18. The number of carbonyl (C=O) groups is 1. The molecule has 0 fully saturated rings. The SMILES string of the molecule is CCCOc1ccccc1C(=O)N/N=C/c1ccc2ccccc2c1. The molecule has 4 nitrogen and oxygen atoms in total. The number of para-hydroxylation sites is 1. The lowest BCUT2D eigenvalue weighted by Crippen LogP contribution is -2.18. The van der Waals surface area contributed by atoms with Gasteiger partial charge in [0.05, 0.1) is 18.4 Å². The van der Waals surface area contributed by atoms with E-state index in [1.54, 1.807) is 24.4 Å². The second-order valence-electron chi connectivity index (χ2n) is 5.65. The molecule has 3 aromatic carbocycles. The first-order chi connectivity index (χ1) is 12.3. The van der Waals surface area contributed by atoms with Crippen LogP contribution in [-0.4, -0.2) is 18.7 Å². The molecule has 4 heteroatoms. The highest BCUT2D eigenvalue weighted by atomic mass is 16.5. The highest BCUT2D eigenvalue weighted by molar-refractivity contribution is 5.97. The molecule has 0 radical (unpaired) electrons. The summed E-state index contributed by atoms with van der Waals surface area (Å²) in [6, 6.07) is 21.3. The molecule has 0 aliphatic carbocycles. The molecular formula is C21H20N2O2. The maximum absolute atomic E-state index is 12.3. The Morgan fingerprint density at radius 3 is 2.64 bits per heavy atom. The largest absolute Gasteiger partial charge is 0.493 e. The molecule has 0 saturated heterocycles. The van der Waals surface area contributed by atoms with Crippen molar-refractivity contribution >= 4 is 22.9 Å². The third-order valence-electron chi connectivity index (χ3n) is 3.75. The summed E-state index contributed by atoms with van der Waals surface area (Å²) < 4.78 is 5.61. The Hall–Kier alpha value is -3.14. The Labute approximate surface area is 147 Å². The van der Waals surface area contributed by atoms with Gasteiger partial charge in [-0.25, -0.2) is 5.43 Å². The van der Waals surface area contributed by atoms with Gasteiger partial charge in [0.2, 0.25) is 0 Å². The molecule has 0 aromatic heterocycles. The lowest BCUT2D eigenvalue weighted by Gasteiger charge is -2.09. The summed E-state index contributed by atoms with van der Waals surface area (Å²) in [7, 11) is 0. The van der Waals surface area contributed by atoms with Crippen molar-refractivity contribution in [1.29, 1.82) is 0 Å². The molecule has 0 atom stereocenters. The number of amides is 1. The van der Waals surface area contributed by atoms with Gasteiger partial charge in [-0.2, -0.15) is 5.10 Å². The molecule has 0 aliphatic heterocycles. The smallest absolute Gasteiger partial charge is 0.275 e. The number of ether oxygens (including phenoxy) is 1. The fourth-order valence-corrected chi connectivity index (χ4v) is 2.51. The van der Waals surface area contributed by atoms with Crippen LogP contribution in [0, 0.1) is 0 Å². The van der Waals surface area contributed by atoms with Crippen LogP contribution >= 0.6 is 0 Å². The van der Waals surface area contributed by atoms with Crippen LogP contribution in [0.15, 0.2) is 71.8 Å². The first kappa shape index (κ1) is 16.7. The average Bonchev–Trinajstić information content (AvgIpc) is 2.66. The van der Waals surface area contributed by atoms with Gasteiger partial charge in [0.15, 0.2) is 0 Å². The van der Waals surface area contributed by atoms with Gasteiger partial charge in [0, 0.05) is 0 Å². The van der Waals surface area contributed by atoms with Crippen LogP contribution in [0.4, 0.5) is 0 Å². The quantitative estimate of drug-likeness (QED) is 0.537. The minimum atomic E-state index is -0.288. The molecule has 3 rings (SSSR count). The normalized spacial score (nSPS) is 10.9. The van der Waals surface area contributed by atoms with Crippen LogP contribution in [-0.2, 0) is 0 Å². The van der Waals surface area contributed by atoms with E-state index in [0.29, 0.717) is 17.9 Å². The molecular weight excluding hydrogens is 312 g/mol. The molecule has 0 saturated carbocycles. The molecule has 3 aromatic rings. The lowest BCUT2D eigenvalue weighted by molar-refractivity contribution is 0.0951. The van der Waals surface area contributed by atoms with E-state index in [1.165, 1.54) is 5.39 Å². The minimum Gasteiger partial charge on any atom is -0.493 e. The number of rotatable bonds is 6. The molecule has 25 heavy (non-hydrogen) atoms. The molecule has 0 bridgehead atoms. The standard InChI is InChI=1S/C21H20N2O2/c1-2-13-25-20-10-6-5-9-19(20)21(24)23-22-15-16-11-12-17-7-3-4-8-18(17)14-16/h3-12,14-15H,2,13H2,1H3,(H,23,24)/b22-15+. The second kappa shape index (κ2) is 8.11. The Kier molecular flexibility index (Phi) is 5.42. The number of nitrogens with zero attached hydrogens (tertiary/aromatic N) is 1. The zero-order chi connectivity index (χ0) is 17.5. The van der Waals surface area contributed by atoms with Crippen LogP contribution in [0.3, 0.4) is 0 Å². The summed E-state index contributed by atoms with van der Waals surface area (Å²) in [4.78, 5) is 12.3. The van der Waals surface area contributed by atoms with Crippen molar-refractivity contribution in [2.45, 2.75) is 13.3 Å². The van der Waals surface area contributed by atoms with Gasteiger partial charge in [-0.15, -0.1) is 0 Å². The van der Waals surface area contributed by atoms with Gasteiger partial charge in [0.25, 0.3) is 5.91 Å². The van der Waals surface area contributed by atoms with Gasteiger partial charge >= 0.3 is 0 Å².